The van der Waals surface area contributed by atoms with Crippen molar-refractivity contribution in [2.75, 3.05) is 44.2 Å². The Morgan fingerprint density at radius 3 is 2.54 bits per heavy atom. The van der Waals surface area contributed by atoms with Crippen LogP contribution >= 0.6 is 11.3 Å². The highest BCUT2D eigenvalue weighted by Crippen LogP contribution is 2.30. The summed E-state index contributed by atoms with van der Waals surface area (Å²) < 4.78 is 11.0. The van der Waals surface area contributed by atoms with Gasteiger partial charge in [-0.15, -0.1) is 0 Å². The maximum atomic E-state index is 12.0. The van der Waals surface area contributed by atoms with Crippen LogP contribution in [0.3, 0.4) is 0 Å². The third-order valence-electron chi connectivity index (χ3n) is 5.14. The Morgan fingerprint density at radius 1 is 1.27 bits per heavy atom. The van der Waals surface area contributed by atoms with Gasteiger partial charge in [0.05, 0.1) is 24.5 Å². The van der Waals surface area contributed by atoms with Crippen molar-refractivity contribution >= 4 is 22.4 Å². The van der Waals surface area contributed by atoms with E-state index in [-0.39, 0.29) is 5.97 Å². The Labute approximate surface area is 160 Å². The van der Waals surface area contributed by atoms with Crippen LogP contribution in [0.4, 0.5) is 5.13 Å². The number of rotatable bonds is 5. The summed E-state index contributed by atoms with van der Waals surface area (Å²) in [7, 11) is 0. The van der Waals surface area contributed by atoms with Crippen molar-refractivity contribution in [1.82, 2.24) is 9.88 Å². The predicted octanol–water partition coefficient (Wildman–Crippen LogP) is 2.95. The molecular formula is C19H31N3O3S. The second kappa shape index (κ2) is 8.67. The van der Waals surface area contributed by atoms with Gasteiger partial charge in [-0.2, -0.15) is 0 Å². The third kappa shape index (κ3) is 4.75. The molecule has 2 saturated heterocycles. The lowest BCUT2D eigenvalue weighted by molar-refractivity contribution is -0.0720. The molecule has 2 fully saturated rings. The van der Waals surface area contributed by atoms with E-state index in [2.05, 4.69) is 28.6 Å². The average Bonchev–Trinajstić information content (AvgIpc) is 2.97. The van der Waals surface area contributed by atoms with Crippen molar-refractivity contribution in [3.8, 4) is 0 Å². The predicted molar refractivity (Wildman–Crippen MR) is 104 cm³/mol. The monoisotopic (exact) mass is 381 g/mol. The van der Waals surface area contributed by atoms with Gasteiger partial charge in [0.1, 0.15) is 4.88 Å². The number of anilines is 1. The summed E-state index contributed by atoms with van der Waals surface area (Å²) in [6, 6.07) is 0. The van der Waals surface area contributed by atoms with Gasteiger partial charge in [-0.3, -0.25) is 4.90 Å². The molecule has 0 aliphatic carbocycles. The number of carbonyl (C=O) groups is 1. The molecule has 0 N–H and O–H groups in total. The summed E-state index contributed by atoms with van der Waals surface area (Å²) >= 11 is 1.46. The lowest BCUT2D eigenvalue weighted by Crippen LogP contribution is -2.48. The van der Waals surface area contributed by atoms with Crippen molar-refractivity contribution in [1.29, 1.82) is 0 Å². The van der Waals surface area contributed by atoms with E-state index >= 15 is 0 Å². The van der Waals surface area contributed by atoms with Crippen molar-refractivity contribution < 1.29 is 14.3 Å². The number of nitrogens with zero attached hydrogens (tertiary/aromatic N) is 3. The van der Waals surface area contributed by atoms with Crippen LogP contribution in [0.2, 0.25) is 0 Å². The molecule has 26 heavy (non-hydrogen) atoms. The highest BCUT2D eigenvalue weighted by molar-refractivity contribution is 7.17. The van der Waals surface area contributed by atoms with E-state index in [4.69, 9.17) is 9.47 Å². The van der Waals surface area contributed by atoms with Gasteiger partial charge in [-0.25, -0.2) is 9.78 Å². The number of hydrogen-bond donors (Lipinski definition) is 0. The normalized spacial score (nSPS) is 25.5. The van der Waals surface area contributed by atoms with E-state index in [0.717, 1.165) is 49.5 Å². The number of hydrogen-bond acceptors (Lipinski definition) is 7. The number of carbonyl (C=O) groups excluding carboxylic acids is 1. The van der Waals surface area contributed by atoms with E-state index in [1.807, 2.05) is 13.8 Å². The van der Waals surface area contributed by atoms with E-state index in [1.54, 1.807) is 0 Å². The fourth-order valence-electron chi connectivity index (χ4n) is 4.01. The van der Waals surface area contributed by atoms with E-state index in [9.17, 15) is 4.79 Å². The Morgan fingerprint density at radius 2 is 1.92 bits per heavy atom. The largest absolute Gasteiger partial charge is 0.462 e. The first-order chi connectivity index (χ1) is 12.5. The first-order valence-electron chi connectivity index (χ1n) is 9.73. The molecule has 0 spiro atoms. The smallest absolute Gasteiger partial charge is 0.350 e. The van der Waals surface area contributed by atoms with Crippen LogP contribution in [0.25, 0.3) is 0 Å². The van der Waals surface area contributed by atoms with Crippen LogP contribution in [0, 0.1) is 12.8 Å². The highest BCUT2D eigenvalue weighted by atomic mass is 32.1. The van der Waals surface area contributed by atoms with Gasteiger partial charge in [0.15, 0.2) is 5.13 Å². The number of aryl methyl sites for hydroxylation is 1. The SMILES string of the molecule is CCOC(=O)c1sc(N2CCC(CN3CC(C)OC(C)C3)CC2)nc1C. The molecule has 0 bridgehead atoms. The molecule has 2 aliphatic heterocycles. The summed E-state index contributed by atoms with van der Waals surface area (Å²) in [5.74, 6) is 0.480. The molecule has 2 atom stereocenters. The van der Waals surface area contributed by atoms with Crippen molar-refractivity contribution in [2.45, 2.75) is 52.7 Å². The molecule has 0 amide bonds. The van der Waals surface area contributed by atoms with Crippen molar-refractivity contribution in [3.63, 3.8) is 0 Å². The van der Waals surface area contributed by atoms with Crippen LogP contribution in [0.5, 0.6) is 0 Å². The van der Waals surface area contributed by atoms with E-state index in [0.29, 0.717) is 23.7 Å². The minimum Gasteiger partial charge on any atom is -0.462 e. The molecule has 0 radical (unpaired) electrons. The molecule has 3 heterocycles. The van der Waals surface area contributed by atoms with Crippen LogP contribution in [-0.2, 0) is 9.47 Å². The summed E-state index contributed by atoms with van der Waals surface area (Å²) in [6.07, 6.45) is 3.01. The van der Waals surface area contributed by atoms with Gasteiger partial charge in [-0.1, -0.05) is 11.3 Å². The molecular weight excluding hydrogens is 350 g/mol. The summed E-state index contributed by atoms with van der Waals surface area (Å²) in [4.78, 5) is 22.1. The average molecular weight is 382 g/mol. The van der Waals surface area contributed by atoms with Crippen LogP contribution in [0.1, 0.15) is 49.0 Å². The summed E-state index contributed by atoms with van der Waals surface area (Å²) in [5.41, 5.74) is 0.780. The number of ether oxygens (including phenoxy) is 2. The summed E-state index contributed by atoms with van der Waals surface area (Å²) in [5, 5.41) is 0.956. The number of thiazole rings is 1. The van der Waals surface area contributed by atoms with Gasteiger partial charge in [0, 0.05) is 32.7 Å². The van der Waals surface area contributed by atoms with Gasteiger partial charge < -0.3 is 14.4 Å². The van der Waals surface area contributed by atoms with E-state index < -0.39 is 0 Å². The molecule has 6 nitrogen and oxygen atoms in total. The Bertz CT molecular complexity index is 603. The van der Waals surface area contributed by atoms with Crippen molar-refractivity contribution in [2.24, 2.45) is 5.92 Å². The van der Waals surface area contributed by atoms with Gasteiger partial charge in [0.25, 0.3) is 0 Å². The second-order valence-electron chi connectivity index (χ2n) is 7.54. The zero-order chi connectivity index (χ0) is 18.7. The Balaban J connectivity index is 1.52. The fourth-order valence-corrected chi connectivity index (χ4v) is 5.02. The zero-order valence-corrected chi connectivity index (χ0v) is 17.2. The lowest BCUT2D eigenvalue weighted by Gasteiger charge is -2.39. The Hall–Kier alpha value is -1.18. The second-order valence-corrected chi connectivity index (χ2v) is 8.52. The number of aromatic nitrogens is 1. The van der Waals surface area contributed by atoms with E-state index in [1.165, 1.54) is 24.2 Å². The standard InChI is InChI=1S/C19H31N3O3S/c1-5-24-18(23)17-15(4)20-19(26-17)22-8-6-16(7-9-22)12-21-10-13(2)25-14(3)11-21/h13-14,16H,5-12H2,1-4H3. The molecule has 146 valence electrons. The molecule has 1 aromatic heterocycles. The highest BCUT2D eigenvalue weighted by Gasteiger charge is 2.28. The number of morpholine rings is 1. The molecule has 0 aromatic carbocycles. The topological polar surface area (TPSA) is 54.9 Å². The quantitative estimate of drug-likeness (QED) is 0.731. The van der Waals surface area contributed by atoms with Gasteiger partial charge in [-0.05, 0) is 46.5 Å². The lowest BCUT2D eigenvalue weighted by atomic mass is 9.96. The third-order valence-corrected chi connectivity index (χ3v) is 6.34. The molecule has 2 aliphatic rings. The fraction of sp³-hybridized carbons (Fsp3) is 0.789. The van der Waals surface area contributed by atoms with Crippen molar-refractivity contribution in [3.05, 3.63) is 10.6 Å². The minimum absolute atomic E-state index is 0.251. The Kier molecular flexibility index (Phi) is 6.53. The first-order valence-corrected chi connectivity index (χ1v) is 10.5. The van der Waals surface area contributed by atoms with Crippen LogP contribution < -0.4 is 4.90 Å². The van der Waals surface area contributed by atoms with Crippen LogP contribution in [-0.4, -0.2) is 67.4 Å². The van der Waals surface area contributed by atoms with Crippen LogP contribution in [0.15, 0.2) is 0 Å². The van der Waals surface area contributed by atoms with Gasteiger partial charge in [0.2, 0.25) is 0 Å². The first kappa shape index (κ1) is 19.6. The molecule has 2 unspecified atom stereocenters. The summed E-state index contributed by atoms with van der Waals surface area (Å²) in [6.45, 7) is 13.7. The molecule has 7 heteroatoms. The maximum Gasteiger partial charge on any atom is 0.350 e. The minimum atomic E-state index is -0.251. The molecule has 1 aromatic rings. The number of piperidine rings is 1. The maximum absolute atomic E-state index is 12.0. The van der Waals surface area contributed by atoms with Gasteiger partial charge >= 0.3 is 5.97 Å². The molecule has 3 rings (SSSR count). The zero-order valence-electron chi connectivity index (χ0n) is 16.4. The molecule has 0 saturated carbocycles. The number of esters is 1.